The van der Waals surface area contributed by atoms with Crippen LogP contribution >= 0.6 is 0 Å². The molecule has 0 spiro atoms. The van der Waals surface area contributed by atoms with Gasteiger partial charge in [-0.05, 0) is 64.8 Å². The van der Waals surface area contributed by atoms with Crippen molar-refractivity contribution in [2.45, 2.75) is 53.0 Å². The van der Waals surface area contributed by atoms with Crippen molar-refractivity contribution in [1.82, 2.24) is 9.91 Å². The third-order valence-electron chi connectivity index (χ3n) is 6.89. The molecule has 1 unspecified atom stereocenters. The molecule has 1 saturated heterocycles. The summed E-state index contributed by atoms with van der Waals surface area (Å²) < 4.78 is 5.17. The van der Waals surface area contributed by atoms with E-state index in [0.717, 1.165) is 29.7 Å². The number of amides is 1. The van der Waals surface area contributed by atoms with E-state index in [2.05, 4.69) is 68.1 Å². The van der Waals surface area contributed by atoms with E-state index >= 15 is 0 Å². The van der Waals surface area contributed by atoms with Crippen LogP contribution in [0.5, 0.6) is 0 Å². The third-order valence-corrected chi connectivity index (χ3v) is 6.89. The molecule has 2 aromatic carbocycles. The van der Waals surface area contributed by atoms with Crippen molar-refractivity contribution >= 4 is 17.6 Å². The number of carbonyl (C=O) groups is 2. The molecule has 0 N–H and O–H groups in total. The van der Waals surface area contributed by atoms with Crippen molar-refractivity contribution in [1.29, 1.82) is 0 Å². The number of esters is 1. The zero-order valence-corrected chi connectivity index (χ0v) is 20.7. The number of piperidine rings is 1. The first-order valence-electron chi connectivity index (χ1n) is 12.3. The Morgan fingerprint density at radius 2 is 1.68 bits per heavy atom. The zero-order valence-electron chi connectivity index (χ0n) is 20.7. The second-order valence-electron chi connectivity index (χ2n) is 9.54. The predicted octanol–water partition coefficient (Wildman–Crippen LogP) is 4.56. The predicted molar refractivity (Wildman–Crippen MR) is 134 cm³/mol. The molecular formula is C28H35N3O3. The maximum Gasteiger partial charge on any atom is 0.309 e. The molecule has 1 fully saturated rings. The maximum absolute atomic E-state index is 13.5. The molecule has 6 nitrogen and oxygen atoms in total. The summed E-state index contributed by atoms with van der Waals surface area (Å²) in [6.45, 7) is 10.2. The highest BCUT2D eigenvalue weighted by Gasteiger charge is 2.35. The van der Waals surface area contributed by atoms with Gasteiger partial charge in [0.1, 0.15) is 0 Å². The van der Waals surface area contributed by atoms with Crippen molar-refractivity contribution in [2.24, 2.45) is 11.0 Å². The van der Waals surface area contributed by atoms with Crippen molar-refractivity contribution in [3.63, 3.8) is 0 Å². The van der Waals surface area contributed by atoms with E-state index in [4.69, 9.17) is 9.84 Å². The Morgan fingerprint density at radius 3 is 2.32 bits per heavy atom. The molecule has 4 rings (SSSR count). The standard InChI is InChI=1S/C28H35N3O3/c1-5-34-28(33)23-12-14-30(15-13-23)18-27(32)31-26(22-9-6-19(2)7-10-22)17-25(29-31)24-11-8-20(3)16-21(24)4/h6-11,16,23,26H,5,12-15,17-18H2,1-4H3. The van der Waals surface area contributed by atoms with Crippen molar-refractivity contribution in [3.05, 3.63) is 70.3 Å². The van der Waals surface area contributed by atoms with Crippen LogP contribution in [-0.4, -0.2) is 53.7 Å². The minimum atomic E-state index is -0.116. The van der Waals surface area contributed by atoms with Crippen LogP contribution in [0.1, 0.15) is 60.0 Å². The van der Waals surface area contributed by atoms with Crippen LogP contribution in [-0.2, 0) is 14.3 Å². The number of hydrogen-bond donors (Lipinski definition) is 0. The van der Waals surface area contributed by atoms with Gasteiger partial charge in [0.2, 0.25) is 0 Å². The minimum absolute atomic E-state index is 0.0000699. The van der Waals surface area contributed by atoms with E-state index in [1.54, 1.807) is 5.01 Å². The molecule has 2 aliphatic heterocycles. The average molecular weight is 462 g/mol. The molecular weight excluding hydrogens is 426 g/mol. The summed E-state index contributed by atoms with van der Waals surface area (Å²) in [6.07, 6.45) is 2.15. The summed E-state index contributed by atoms with van der Waals surface area (Å²) in [5.41, 5.74) is 6.75. The van der Waals surface area contributed by atoms with Crippen LogP contribution in [0.25, 0.3) is 0 Å². The normalized spacial score (nSPS) is 19.2. The summed E-state index contributed by atoms with van der Waals surface area (Å²) in [7, 11) is 0. The summed E-state index contributed by atoms with van der Waals surface area (Å²) in [6, 6.07) is 14.7. The van der Waals surface area contributed by atoms with Crippen LogP contribution in [0.3, 0.4) is 0 Å². The molecule has 0 bridgehead atoms. The molecule has 180 valence electrons. The summed E-state index contributed by atoms with van der Waals surface area (Å²) in [5, 5.41) is 6.55. The van der Waals surface area contributed by atoms with Gasteiger partial charge in [-0.3, -0.25) is 14.5 Å². The molecule has 34 heavy (non-hydrogen) atoms. The molecule has 1 atom stereocenters. The zero-order chi connectivity index (χ0) is 24.2. The quantitative estimate of drug-likeness (QED) is 0.592. The van der Waals surface area contributed by atoms with Crippen LogP contribution < -0.4 is 0 Å². The lowest BCUT2D eigenvalue weighted by atomic mass is 9.95. The summed E-state index contributed by atoms with van der Waals surface area (Å²) in [5.74, 6) is -0.178. The molecule has 0 aromatic heterocycles. The number of aryl methyl sites for hydroxylation is 3. The van der Waals surface area contributed by atoms with Gasteiger partial charge in [-0.25, -0.2) is 5.01 Å². The van der Waals surface area contributed by atoms with E-state index in [0.29, 0.717) is 32.7 Å². The van der Waals surface area contributed by atoms with Crippen LogP contribution in [0.4, 0.5) is 0 Å². The number of benzene rings is 2. The topological polar surface area (TPSA) is 62.2 Å². The average Bonchev–Trinajstić information content (AvgIpc) is 3.25. The lowest BCUT2D eigenvalue weighted by Gasteiger charge is -2.32. The largest absolute Gasteiger partial charge is 0.466 e. The first kappa shape index (κ1) is 24.1. The molecule has 0 radical (unpaired) electrons. The summed E-state index contributed by atoms with van der Waals surface area (Å²) >= 11 is 0. The second-order valence-corrected chi connectivity index (χ2v) is 9.54. The van der Waals surface area contributed by atoms with E-state index in [9.17, 15) is 9.59 Å². The molecule has 0 saturated carbocycles. The number of carbonyl (C=O) groups excluding carboxylic acids is 2. The number of hydrogen-bond acceptors (Lipinski definition) is 5. The maximum atomic E-state index is 13.5. The number of nitrogens with zero attached hydrogens (tertiary/aromatic N) is 3. The lowest BCUT2D eigenvalue weighted by molar-refractivity contribution is -0.149. The fraction of sp³-hybridized carbons (Fsp3) is 0.464. The molecule has 1 amide bonds. The van der Waals surface area contributed by atoms with Gasteiger partial charge in [-0.2, -0.15) is 5.10 Å². The lowest BCUT2D eigenvalue weighted by Crippen LogP contribution is -2.43. The van der Waals surface area contributed by atoms with Crippen molar-refractivity contribution in [3.8, 4) is 0 Å². The first-order valence-corrected chi connectivity index (χ1v) is 12.3. The summed E-state index contributed by atoms with van der Waals surface area (Å²) in [4.78, 5) is 27.7. The Hall–Kier alpha value is -2.99. The fourth-order valence-electron chi connectivity index (χ4n) is 4.94. The highest BCUT2D eigenvalue weighted by atomic mass is 16.5. The van der Waals surface area contributed by atoms with Gasteiger partial charge < -0.3 is 4.74 Å². The second kappa shape index (κ2) is 10.5. The third kappa shape index (κ3) is 5.39. The van der Waals surface area contributed by atoms with E-state index in [1.165, 1.54) is 16.7 Å². The molecule has 2 aliphatic rings. The molecule has 6 heteroatoms. The van der Waals surface area contributed by atoms with Gasteiger partial charge in [0.15, 0.2) is 0 Å². The molecule has 0 aliphatic carbocycles. The molecule has 2 aromatic rings. The minimum Gasteiger partial charge on any atom is -0.466 e. The van der Waals surface area contributed by atoms with E-state index < -0.39 is 0 Å². The highest BCUT2D eigenvalue weighted by Crippen LogP contribution is 2.34. The van der Waals surface area contributed by atoms with Crippen molar-refractivity contribution < 1.29 is 14.3 Å². The highest BCUT2D eigenvalue weighted by molar-refractivity contribution is 6.04. The molecule has 2 heterocycles. The van der Waals surface area contributed by atoms with Crippen molar-refractivity contribution in [2.75, 3.05) is 26.2 Å². The Morgan fingerprint density at radius 1 is 1.00 bits per heavy atom. The number of ether oxygens (including phenoxy) is 1. The van der Waals surface area contributed by atoms with Gasteiger partial charge in [0.05, 0.1) is 30.8 Å². The van der Waals surface area contributed by atoms with Gasteiger partial charge >= 0.3 is 5.97 Å². The van der Waals surface area contributed by atoms with E-state index in [1.807, 2.05) is 6.92 Å². The Kier molecular flexibility index (Phi) is 7.47. The fourth-order valence-corrected chi connectivity index (χ4v) is 4.94. The van der Waals surface area contributed by atoms with E-state index in [-0.39, 0.29) is 23.8 Å². The van der Waals surface area contributed by atoms with Gasteiger partial charge in [-0.15, -0.1) is 0 Å². The van der Waals surface area contributed by atoms with Gasteiger partial charge in [-0.1, -0.05) is 53.6 Å². The number of rotatable bonds is 6. The van der Waals surface area contributed by atoms with Gasteiger partial charge in [0.25, 0.3) is 5.91 Å². The monoisotopic (exact) mass is 461 g/mol. The Bertz CT molecular complexity index is 1070. The number of likely N-dealkylation sites (tertiary alicyclic amines) is 1. The van der Waals surface area contributed by atoms with Crippen LogP contribution in [0.15, 0.2) is 47.6 Å². The van der Waals surface area contributed by atoms with Crippen LogP contribution in [0.2, 0.25) is 0 Å². The van der Waals surface area contributed by atoms with Crippen LogP contribution in [0, 0.1) is 26.7 Å². The number of hydrazone groups is 1. The Balaban J connectivity index is 1.51. The SMILES string of the molecule is CCOC(=O)C1CCN(CC(=O)N2N=C(c3ccc(C)cc3C)CC2c2ccc(C)cc2)CC1. The van der Waals surface area contributed by atoms with Gasteiger partial charge in [0, 0.05) is 12.0 Å². The smallest absolute Gasteiger partial charge is 0.309 e. The first-order chi connectivity index (χ1) is 16.4. The Labute approximate surface area is 202 Å².